The minimum atomic E-state index is -0.433. The van der Waals surface area contributed by atoms with E-state index in [1.54, 1.807) is 0 Å². The maximum atomic E-state index is 10.1. The van der Waals surface area contributed by atoms with Gasteiger partial charge < -0.3 is 10.4 Å². The van der Waals surface area contributed by atoms with Crippen LogP contribution in [0.3, 0.4) is 0 Å². The van der Waals surface area contributed by atoms with E-state index < -0.39 is 6.10 Å². The van der Waals surface area contributed by atoms with E-state index >= 15 is 0 Å². The molecule has 0 bridgehead atoms. The smallest absolute Gasteiger partial charge is 0.0776 e. The van der Waals surface area contributed by atoms with Crippen LogP contribution >= 0.6 is 34.2 Å². The molecule has 0 amide bonds. The fraction of sp³-hybridized carbons (Fsp3) is 0.294. The van der Waals surface area contributed by atoms with Gasteiger partial charge in [0.15, 0.2) is 0 Å². The number of rotatable bonds is 3. The van der Waals surface area contributed by atoms with Gasteiger partial charge in [0, 0.05) is 26.5 Å². The molecule has 0 saturated carbocycles. The number of benzene rings is 2. The number of hydrogen-bond acceptors (Lipinski definition) is 2. The van der Waals surface area contributed by atoms with Crippen molar-refractivity contribution in [2.45, 2.75) is 25.5 Å². The van der Waals surface area contributed by atoms with E-state index in [1.165, 1.54) is 9.13 Å². The summed E-state index contributed by atoms with van der Waals surface area (Å²) in [5.41, 5.74) is 4.13. The fourth-order valence-corrected chi connectivity index (χ4v) is 3.56. The Hall–Kier alpha value is -0.820. The van der Waals surface area contributed by atoms with Crippen molar-refractivity contribution in [3.05, 3.63) is 56.1 Å². The molecule has 2 N–H and O–H groups in total. The van der Waals surface area contributed by atoms with Gasteiger partial charge in [-0.3, -0.25) is 0 Å². The number of anilines is 2. The van der Waals surface area contributed by atoms with E-state index in [9.17, 15) is 5.11 Å². The second kappa shape index (κ2) is 6.74. The lowest BCUT2D eigenvalue weighted by atomic mass is 10.0. The summed E-state index contributed by atoms with van der Waals surface area (Å²) >= 11 is 8.45. The molecule has 2 aromatic rings. The zero-order valence-electron chi connectivity index (χ0n) is 12.2. The first-order chi connectivity index (χ1) is 10.5. The van der Waals surface area contributed by atoms with E-state index in [4.69, 9.17) is 11.6 Å². The second-order valence-corrected chi connectivity index (χ2v) is 7.20. The monoisotopic (exact) mass is 427 g/mol. The Morgan fingerprint density at radius 2 is 2.00 bits per heavy atom. The zero-order valence-corrected chi connectivity index (χ0v) is 15.1. The van der Waals surface area contributed by atoms with Crippen molar-refractivity contribution in [1.29, 1.82) is 0 Å². The molecule has 3 rings (SSSR count). The standard InChI is InChI=1S/C17H17ClIN2O/c1-10-8-12(19)3-5-14(10)21-15-4-2-11(18)9-13(15)17-16(22)6-7-20-17/h2-5,8-9,16-17,21-22H,6-7H2,1H3. The molecule has 1 saturated heterocycles. The van der Waals surface area contributed by atoms with Gasteiger partial charge in [-0.15, -0.1) is 0 Å². The Labute approximate surface area is 149 Å². The lowest BCUT2D eigenvalue weighted by molar-refractivity contribution is 0.159. The molecule has 0 aromatic heterocycles. The van der Waals surface area contributed by atoms with Crippen molar-refractivity contribution < 1.29 is 5.11 Å². The molecule has 0 spiro atoms. The van der Waals surface area contributed by atoms with Gasteiger partial charge in [0.25, 0.3) is 0 Å². The summed E-state index contributed by atoms with van der Waals surface area (Å²) in [4.78, 5) is 0. The average molecular weight is 428 g/mol. The van der Waals surface area contributed by atoms with Gasteiger partial charge in [0.1, 0.15) is 0 Å². The normalized spacial score (nSPS) is 21.1. The first-order valence-electron chi connectivity index (χ1n) is 7.22. The molecule has 1 radical (unpaired) electrons. The molecule has 0 aliphatic carbocycles. The first-order valence-corrected chi connectivity index (χ1v) is 8.67. The minimum Gasteiger partial charge on any atom is -0.391 e. The van der Waals surface area contributed by atoms with Crippen LogP contribution in [0.15, 0.2) is 36.4 Å². The number of halogens is 2. The highest BCUT2D eigenvalue weighted by Crippen LogP contribution is 2.35. The quantitative estimate of drug-likeness (QED) is 0.713. The number of aliphatic hydroxyl groups excluding tert-OH is 1. The van der Waals surface area contributed by atoms with Crippen LogP contribution in [0.4, 0.5) is 11.4 Å². The molecule has 1 aliphatic rings. The number of hydrogen-bond donors (Lipinski definition) is 2. The molecule has 5 heteroatoms. The Morgan fingerprint density at radius 3 is 2.68 bits per heavy atom. The molecule has 3 nitrogen and oxygen atoms in total. The van der Waals surface area contributed by atoms with E-state index in [0.717, 1.165) is 16.9 Å². The van der Waals surface area contributed by atoms with Crippen molar-refractivity contribution in [3.8, 4) is 0 Å². The molecule has 2 atom stereocenters. The molecule has 2 unspecified atom stereocenters. The van der Waals surface area contributed by atoms with Crippen molar-refractivity contribution in [3.63, 3.8) is 0 Å². The van der Waals surface area contributed by atoms with Crippen LogP contribution in [-0.2, 0) is 0 Å². The maximum absolute atomic E-state index is 10.1. The fourth-order valence-electron chi connectivity index (χ4n) is 2.74. The number of aryl methyl sites for hydroxylation is 1. The highest BCUT2D eigenvalue weighted by molar-refractivity contribution is 14.1. The molecule has 1 heterocycles. The number of nitrogens with one attached hydrogen (secondary N) is 1. The van der Waals surface area contributed by atoms with Gasteiger partial charge in [-0.2, -0.15) is 0 Å². The van der Waals surface area contributed by atoms with Crippen LogP contribution in [0, 0.1) is 10.5 Å². The van der Waals surface area contributed by atoms with Crippen LogP contribution in [-0.4, -0.2) is 17.8 Å². The van der Waals surface area contributed by atoms with Gasteiger partial charge in [-0.25, -0.2) is 5.32 Å². The predicted octanol–water partition coefficient (Wildman–Crippen LogP) is 4.41. The highest BCUT2D eigenvalue weighted by Gasteiger charge is 2.29. The SMILES string of the molecule is Cc1cc(I)ccc1Nc1ccc(Cl)cc1C1[N]CCC1O. The summed E-state index contributed by atoms with van der Waals surface area (Å²) < 4.78 is 1.21. The highest BCUT2D eigenvalue weighted by atomic mass is 127. The average Bonchev–Trinajstić information content (AvgIpc) is 2.89. The summed E-state index contributed by atoms with van der Waals surface area (Å²) in [5.74, 6) is 0. The van der Waals surface area contributed by atoms with Gasteiger partial charge in [0.05, 0.1) is 12.1 Å². The van der Waals surface area contributed by atoms with E-state index in [2.05, 4.69) is 58.3 Å². The Morgan fingerprint density at radius 1 is 1.23 bits per heavy atom. The van der Waals surface area contributed by atoms with Gasteiger partial charge in [0.2, 0.25) is 0 Å². The first kappa shape index (κ1) is 16.1. The molecule has 115 valence electrons. The van der Waals surface area contributed by atoms with E-state index in [0.29, 0.717) is 18.0 Å². The molecular weight excluding hydrogens is 411 g/mol. The lowest BCUT2D eigenvalue weighted by Crippen LogP contribution is -2.17. The third-order valence-electron chi connectivity index (χ3n) is 3.91. The van der Waals surface area contributed by atoms with Crippen LogP contribution in [0.25, 0.3) is 0 Å². The van der Waals surface area contributed by atoms with Crippen LogP contribution in [0.2, 0.25) is 5.02 Å². The third kappa shape index (κ3) is 3.40. The number of nitrogens with zero attached hydrogens (tertiary/aromatic N) is 1. The van der Waals surface area contributed by atoms with Gasteiger partial charge in [-0.1, -0.05) is 11.6 Å². The van der Waals surface area contributed by atoms with E-state index in [-0.39, 0.29) is 6.04 Å². The predicted molar refractivity (Wildman–Crippen MR) is 99.0 cm³/mol. The van der Waals surface area contributed by atoms with Crippen molar-refractivity contribution in [2.75, 3.05) is 11.9 Å². The lowest BCUT2D eigenvalue weighted by Gasteiger charge is -2.20. The molecule has 1 fully saturated rings. The minimum absolute atomic E-state index is 0.203. The van der Waals surface area contributed by atoms with Crippen LogP contribution < -0.4 is 10.6 Å². The summed E-state index contributed by atoms with van der Waals surface area (Å²) in [6.07, 6.45) is 0.274. The van der Waals surface area contributed by atoms with Gasteiger partial charge >= 0.3 is 0 Å². The summed E-state index contributed by atoms with van der Waals surface area (Å²) in [6.45, 7) is 2.77. The topological polar surface area (TPSA) is 46.4 Å². The van der Waals surface area contributed by atoms with Crippen LogP contribution in [0.5, 0.6) is 0 Å². The zero-order chi connectivity index (χ0) is 15.7. The number of aliphatic hydroxyl groups is 1. The maximum Gasteiger partial charge on any atom is 0.0776 e. The molecular formula is C17H17ClIN2O. The van der Waals surface area contributed by atoms with Crippen molar-refractivity contribution in [2.24, 2.45) is 0 Å². The summed E-state index contributed by atoms with van der Waals surface area (Å²) in [5, 5.41) is 18.8. The summed E-state index contributed by atoms with van der Waals surface area (Å²) in [7, 11) is 0. The molecule has 2 aromatic carbocycles. The Kier molecular flexibility index (Phi) is 4.92. The Bertz CT molecular complexity index is 692. The van der Waals surface area contributed by atoms with Crippen molar-refractivity contribution >= 4 is 45.6 Å². The molecule has 1 aliphatic heterocycles. The summed E-state index contributed by atoms with van der Waals surface area (Å²) in [6, 6.07) is 11.8. The van der Waals surface area contributed by atoms with Crippen LogP contribution in [0.1, 0.15) is 23.6 Å². The van der Waals surface area contributed by atoms with Gasteiger partial charge in [-0.05, 0) is 83.5 Å². The molecule has 22 heavy (non-hydrogen) atoms. The second-order valence-electron chi connectivity index (χ2n) is 5.52. The van der Waals surface area contributed by atoms with E-state index in [1.807, 2.05) is 18.2 Å². The Balaban J connectivity index is 1.96. The third-order valence-corrected chi connectivity index (χ3v) is 4.81. The largest absolute Gasteiger partial charge is 0.391 e. The van der Waals surface area contributed by atoms with Crippen molar-refractivity contribution in [1.82, 2.24) is 5.32 Å².